The Bertz CT molecular complexity index is 1290. The van der Waals surface area contributed by atoms with Gasteiger partial charge in [-0.05, 0) is 18.2 Å². The summed E-state index contributed by atoms with van der Waals surface area (Å²) in [5, 5.41) is 2.78. The first kappa shape index (κ1) is 20.9. The maximum Gasteiger partial charge on any atom is 0.261 e. The number of aromatic nitrogens is 3. The van der Waals surface area contributed by atoms with Crippen molar-refractivity contribution in [2.75, 3.05) is 19.5 Å². The number of rotatable bonds is 6. The first-order chi connectivity index (χ1) is 15.5. The van der Waals surface area contributed by atoms with Gasteiger partial charge in [-0.2, -0.15) is 0 Å². The van der Waals surface area contributed by atoms with E-state index in [-0.39, 0.29) is 28.6 Å². The molecule has 1 aromatic carbocycles. The van der Waals surface area contributed by atoms with Crippen molar-refractivity contribution in [2.45, 2.75) is 0 Å². The lowest BCUT2D eigenvalue weighted by Gasteiger charge is -2.13. The number of pyridine rings is 3. The van der Waals surface area contributed by atoms with Crippen LogP contribution in [0.1, 0.15) is 10.4 Å². The molecule has 0 aliphatic carbocycles. The molecule has 0 aliphatic rings. The van der Waals surface area contributed by atoms with Crippen molar-refractivity contribution in [3.8, 4) is 23.1 Å². The third-order valence-corrected chi connectivity index (χ3v) is 4.49. The van der Waals surface area contributed by atoms with Crippen molar-refractivity contribution >= 4 is 22.5 Å². The summed E-state index contributed by atoms with van der Waals surface area (Å²) in [6.45, 7) is 0. The highest BCUT2D eigenvalue weighted by molar-refractivity contribution is 6.06. The molecule has 10 heteroatoms. The zero-order valence-electron chi connectivity index (χ0n) is 16.9. The second kappa shape index (κ2) is 8.80. The number of halogens is 2. The smallest absolute Gasteiger partial charge is 0.261 e. The van der Waals surface area contributed by atoms with Crippen LogP contribution in [-0.2, 0) is 0 Å². The predicted octanol–water partition coefficient (Wildman–Crippen LogP) is 4.36. The fourth-order valence-electron chi connectivity index (χ4n) is 3.05. The van der Waals surface area contributed by atoms with Gasteiger partial charge in [-0.1, -0.05) is 0 Å². The number of carbonyl (C=O) groups is 1. The molecule has 4 aromatic rings. The van der Waals surface area contributed by atoms with Crippen LogP contribution in [0.4, 0.5) is 14.5 Å². The van der Waals surface area contributed by atoms with Gasteiger partial charge in [0.05, 0.1) is 25.3 Å². The molecule has 1 amide bonds. The van der Waals surface area contributed by atoms with Gasteiger partial charge in [0.15, 0.2) is 17.4 Å². The minimum atomic E-state index is -1.02. The number of hydrogen-bond acceptors (Lipinski definition) is 7. The quantitative estimate of drug-likeness (QED) is 0.478. The highest BCUT2D eigenvalue weighted by atomic mass is 19.1. The number of hydrogen-bond donors (Lipinski definition) is 1. The topological polar surface area (TPSA) is 95.5 Å². The number of nitrogens with zero attached hydrogens (tertiary/aromatic N) is 3. The summed E-state index contributed by atoms with van der Waals surface area (Å²) in [5.74, 6) is -2.77. The Morgan fingerprint density at radius 2 is 1.66 bits per heavy atom. The van der Waals surface area contributed by atoms with Crippen molar-refractivity contribution in [2.24, 2.45) is 0 Å². The van der Waals surface area contributed by atoms with E-state index in [9.17, 15) is 13.6 Å². The van der Waals surface area contributed by atoms with Crippen molar-refractivity contribution in [3.63, 3.8) is 0 Å². The molecule has 0 radical (unpaired) electrons. The molecule has 0 unspecified atom stereocenters. The minimum Gasteiger partial charge on any atom is -0.496 e. The van der Waals surface area contributed by atoms with Crippen molar-refractivity contribution in [1.29, 1.82) is 0 Å². The van der Waals surface area contributed by atoms with Crippen LogP contribution >= 0.6 is 0 Å². The number of anilines is 1. The molecule has 0 spiro atoms. The van der Waals surface area contributed by atoms with E-state index in [1.54, 1.807) is 6.07 Å². The van der Waals surface area contributed by atoms with Gasteiger partial charge in [0.25, 0.3) is 5.91 Å². The van der Waals surface area contributed by atoms with E-state index in [1.165, 1.54) is 51.1 Å². The Morgan fingerprint density at radius 1 is 0.938 bits per heavy atom. The number of amides is 1. The Kier molecular flexibility index (Phi) is 5.75. The lowest BCUT2D eigenvalue weighted by molar-refractivity contribution is 0.102. The van der Waals surface area contributed by atoms with Gasteiger partial charge >= 0.3 is 0 Å². The number of benzene rings is 1. The van der Waals surface area contributed by atoms with Crippen LogP contribution in [0.25, 0.3) is 10.9 Å². The Morgan fingerprint density at radius 3 is 2.38 bits per heavy atom. The average molecular weight is 438 g/mol. The SMILES string of the molecule is COc1ccncc1C(=O)Nc1cc(F)c(Oc2ccnc3ccnc(OC)c23)c(F)c1. The second-order valence-electron chi connectivity index (χ2n) is 6.42. The van der Waals surface area contributed by atoms with Crippen LogP contribution in [0.2, 0.25) is 0 Å². The number of methoxy groups -OCH3 is 2. The summed E-state index contributed by atoms with van der Waals surface area (Å²) in [4.78, 5) is 24.6. The maximum absolute atomic E-state index is 14.8. The minimum absolute atomic E-state index is 0.106. The first-order valence-electron chi connectivity index (χ1n) is 9.25. The maximum atomic E-state index is 14.8. The molecule has 0 aliphatic heterocycles. The van der Waals surface area contributed by atoms with Crippen LogP contribution < -0.4 is 19.5 Å². The zero-order chi connectivity index (χ0) is 22.7. The van der Waals surface area contributed by atoms with Gasteiger partial charge in [0, 0.05) is 42.6 Å². The van der Waals surface area contributed by atoms with Gasteiger partial charge in [0.2, 0.25) is 5.88 Å². The van der Waals surface area contributed by atoms with E-state index < -0.39 is 23.3 Å². The largest absolute Gasteiger partial charge is 0.496 e. The van der Waals surface area contributed by atoms with E-state index in [4.69, 9.17) is 14.2 Å². The van der Waals surface area contributed by atoms with Gasteiger partial charge < -0.3 is 19.5 Å². The predicted molar refractivity (Wildman–Crippen MR) is 111 cm³/mol. The van der Waals surface area contributed by atoms with E-state index in [0.29, 0.717) is 10.9 Å². The molecule has 3 aromatic heterocycles. The molecule has 0 saturated heterocycles. The van der Waals surface area contributed by atoms with Crippen LogP contribution in [-0.4, -0.2) is 35.1 Å². The molecule has 32 heavy (non-hydrogen) atoms. The van der Waals surface area contributed by atoms with Gasteiger partial charge in [-0.25, -0.2) is 13.8 Å². The Labute approximate surface area is 180 Å². The molecule has 0 saturated carbocycles. The summed E-state index contributed by atoms with van der Waals surface area (Å²) < 4.78 is 45.4. The first-order valence-corrected chi connectivity index (χ1v) is 9.25. The summed E-state index contributed by atoms with van der Waals surface area (Å²) >= 11 is 0. The van der Waals surface area contributed by atoms with Crippen molar-refractivity contribution in [3.05, 3.63) is 72.3 Å². The fourth-order valence-corrected chi connectivity index (χ4v) is 3.05. The van der Waals surface area contributed by atoms with E-state index in [2.05, 4.69) is 20.3 Å². The molecule has 1 N–H and O–H groups in total. The highest BCUT2D eigenvalue weighted by Gasteiger charge is 2.19. The van der Waals surface area contributed by atoms with Gasteiger partial charge in [-0.15, -0.1) is 0 Å². The van der Waals surface area contributed by atoms with Crippen molar-refractivity contribution < 1.29 is 27.8 Å². The van der Waals surface area contributed by atoms with E-state index in [1.807, 2.05) is 0 Å². The van der Waals surface area contributed by atoms with Crippen LogP contribution in [0.3, 0.4) is 0 Å². The summed E-state index contributed by atoms with van der Waals surface area (Å²) in [6.07, 6.45) is 5.67. The normalized spacial score (nSPS) is 10.6. The lowest BCUT2D eigenvalue weighted by Crippen LogP contribution is -2.14. The van der Waals surface area contributed by atoms with Gasteiger partial charge in [0.1, 0.15) is 16.9 Å². The van der Waals surface area contributed by atoms with Crippen molar-refractivity contribution in [1.82, 2.24) is 15.0 Å². The fraction of sp³-hybridized carbons (Fsp3) is 0.0909. The van der Waals surface area contributed by atoms with Crippen LogP contribution in [0.15, 0.2) is 55.1 Å². The van der Waals surface area contributed by atoms with Gasteiger partial charge in [-0.3, -0.25) is 14.8 Å². The number of fused-ring (bicyclic) bond motifs is 1. The summed E-state index contributed by atoms with van der Waals surface area (Å²) in [7, 11) is 2.80. The highest BCUT2D eigenvalue weighted by Crippen LogP contribution is 2.36. The molecular formula is C22H16F2N4O4. The molecule has 0 bridgehead atoms. The molecule has 162 valence electrons. The van der Waals surface area contributed by atoms with Crippen LogP contribution in [0.5, 0.6) is 23.1 Å². The molecule has 8 nitrogen and oxygen atoms in total. The standard InChI is InChI=1S/C22H16F2N4O4/c1-30-17-4-6-25-11-13(17)21(29)28-12-9-14(23)20(15(24)10-12)32-18-5-8-26-16-3-7-27-22(31-2)19(16)18/h3-11H,1-2H3,(H,28,29). The molecule has 0 fully saturated rings. The van der Waals surface area contributed by atoms with E-state index in [0.717, 1.165) is 12.1 Å². The Hall–Kier alpha value is -4.34. The molecule has 4 rings (SSSR count). The van der Waals surface area contributed by atoms with Crippen LogP contribution in [0, 0.1) is 11.6 Å². The zero-order valence-corrected chi connectivity index (χ0v) is 16.9. The Balaban J connectivity index is 1.65. The third kappa shape index (κ3) is 3.97. The molecule has 3 heterocycles. The number of ether oxygens (including phenoxy) is 3. The monoisotopic (exact) mass is 438 g/mol. The molecular weight excluding hydrogens is 422 g/mol. The summed E-state index contributed by atoms with van der Waals surface area (Å²) in [6, 6.07) is 6.43. The second-order valence-corrected chi connectivity index (χ2v) is 6.42. The number of nitrogens with one attached hydrogen (secondary N) is 1. The summed E-state index contributed by atoms with van der Waals surface area (Å²) in [5.41, 5.74) is 0.477. The number of carbonyl (C=O) groups excluding carboxylic acids is 1. The molecule has 0 atom stereocenters. The average Bonchev–Trinajstić information content (AvgIpc) is 2.81. The lowest BCUT2D eigenvalue weighted by atomic mass is 10.2. The third-order valence-electron chi connectivity index (χ3n) is 4.49. The van der Waals surface area contributed by atoms with E-state index >= 15 is 0 Å².